The van der Waals surface area contributed by atoms with Crippen molar-refractivity contribution in [2.75, 3.05) is 5.73 Å². The first kappa shape index (κ1) is 9.77. The fourth-order valence-electron chi connectivity index (χ4n) is 1.88. The van der Waals surface area contributed by atoms with Crippen LogP contribution in [-0.2, 0) is 6.42 Å². The molecule has 17 heavy (non-hydrogen) atoms. The molecule has 0 aliphatic carbocycles. The zero-order valence-electron chi connectivity index (χ0n) is 9.14. The van der Waals surface area contributed by atoms with E-state index in [9.17, 15) is 0 Å². The molecule has 4 N–H and O–H groups in total. The van der Waals surface area contributed by atoms with Crippen LogP contribution in [-0.4, -0.2) is 15.0 Å². The molecule has 0 aliphatic rings. The van der Waals surface area contributed by atoms with Crippen molar-refractivity contribution >= 4 is 17.1 Å². The quantitative estimate of drug-likeness (QED) is 0.682. The van der Waals surface area contributed by atoms with Crippen LogP contribution in [0.25, 0.3) is 11.2 Å². The lowest BCUT2D eigenvalue weighted by atomic mass is 10.1. The number of benzene rings is 1. The topological polar surface area (TPSA) is 81.7 Å². The molecule has 0 radical (unpaired) electrons. The molecule has 0 aliphatic heterocycles. The van der Waals surface area contributed by atoms with E-state index in [0.29, 0.717) is 5.95 Å². The molecule has 0 spiro atoms. The van der Waals surface area contributed by atoms with Crippen LogP contribution in [0.3, 0.4) is 0 Å². The van der Waals surface area contributed by atoms with Gasteiger partial charge in [-0.1, -0.05) is 35.3 Å². The van der Waals surface area contributed by atoms with E-state index in [1.54, 1.807) is 6.33 Å². The Morgan fingerprint density at radius 3 is 2.82 bits per heavy atom. The van der Waals surface area contributed by atoms with Crippen LogP contribution in [0.1, 0.15) is 11.3 Å². The molecule has 0 bridgehead atoms. The predicted octanol–water partition coefficient (Wildman–Crippen LogP) is 0.945. The molecule has 3 rings (SSSR count). The standard InChI is InChI=1S/C12H11N5/c13-12-16-9(6-8-4-2-1-3-5-8)10-11(17-12)15-7-14-10/h1-5,7H,6H2,(H3,13,14,15,16,17)/p+1. The second kappa shape index (κ2) is 3.86. The normalized spacial score (nSPS) is 10.8. The zero-order chi connectivity index (χ0) is 11.7. The van der Waals surface area contributed by atoms with Gasteiger partial charge < -0.3 is 5.73 Å². The summed E-state index contributed by atoms with van der Waals surface area (Å²) in [5.41, 5.74) is 9.42. The van der Waals surface area contributed by atoms with E-state index in [1.807, 2.05) is 18.2 Å². The number of H-pyrrole nitrogens is 2. The number of nitrogens with zero attached hydrogens (tertiary/aromatic N) is 2. The smallest absolute Gasteiger partial charge is 0.305 e. The molecule has 0 unspecified atom stereocenters. The average Bonchev–Trinajstić information content (AvgIpc) is 2.78. The van der Waals surface area contributed by atoms with Crippen molar-refractivity contribution in [1.82, 2.24) is 15.0 Å². The van der Waals surface area contributed by atoms with Crippen molar-refractivity contribution in [1.29, 1.82) is 0 Å². The van der Waals surface area contributed by atoms with Crippen LogP contribution >= 0.6 is 0 Å². The molecule has 5 heteroatoms. The van der Waals surface area contributed by atoms with Gasteiger partial charge in [0.25, 0.3) is 5.95 Å². The summed E-state index contributed by atoms with van der Waals surface area (Å²) in [6.45, 7) is 0. The van der Waals surface area contributed by atoms with Gasteiger partial charge in [-0.25, -0.2) is 4.98 Å². The summed E-state index contributed by atoms with van der Waals surface area (Å²) < 4.78 is 0. The third-order valence-electron chi connectivity index (χ3n) is 2.64. The van der Waals surface area contributed by atoms with Gasteiger partial charge in [-0.05, 0) is 5.56 Å². The lowest BCUT2D eigenvalue weighted by Gasteiger charge is -2.00. The van der Waals surface area contributed by atoms with Gasteiger partial charge in [-0.3, -0.25) is 4.98 Å². The Hall–Kier alpha value is -2.43. The highest BCUT2D eigenvalue weighted by molar-refractivity contribution is 5.70. The number of aromatic amines is 2. The largest absolute Gasteiger partial charge is 0.354 e. The number of rotatable bonds is 2. The summed E-state index contributed by atoms with van der Waals surface area (Å²) in [5, 5.41) is 0. The summed E-state index contributed by atoms with van der Waals surface area (Å²) in [4.78, 5) is 14.5. The summed E-state index contributed by atoms with van der Waals surface area (Å²) in [5.74, 6) is 0.291. The molecule has 0 atom stereocenters. The molecular formula is C12H12N5+. The Balaban J connectivity index is 2.08. The Morgan fingerprint density at radius 1 is 1.18 bits per heavy atom. The van der Waals surface area contributed by atoms with Crippen LogP contribution in [0.5, 0.6) is 0 Å². The molecule has 0 saturated heterocycles. The third kappa shape index (κ3) is 1.82. The Labute approximate surface area is 97.7 Å². The highest BCUT2D eigenvalue weighted by atomic mass is 15.1. The van der Waals surface area contributed by atoms with Crippen LogP contribution < -0.4 is 10.7 Å². The monoisotopic (exact) mass is 226 g/mol. The maximum Gasteiger partial charge on any atom is 0.305 e. The van der Waals surface area contributed by atoms with Crippen LogP contribution in [0.2, 0.25) is 0 Å². The van der Waals surface area contributed by atoms with Crippen molar-refractivity contribution in [2.24, 2.45) is 0 Å². The maximum absolute atomic E-state index is 5.68. The van der Waals surface area contributed by atoms with Crippen molar-refractivity contribution in [3.8, 4) is 0 Å². The number of nitrogens with two attached hydrogens (primary N) is 1. The molecule has 84 valence electrons. The minimum Gasteiger partial charge on any atom is -0.354 e. The van der Waals surface area contributed by atoms with E-state index in [1.165, 1.54) is 5.56 Å². The van der Waals surface area contributed by atoms with E-state index < -0.39 is 0 Å². The molecule has 2 heterocycles. The molecule has 0 saturated carbocycles. The maximum atomic E-state index is 5.68. The fourth-order valence-corrected chi connectivity index (χ4v) is 1.88. The Bertz CT molecular complexity index is 644. The molecule has 5 nitrogen and oxygen atoms in total. The second-order valence-electron chi connectivity index (χ2n) is 3.85. The summed E-state index contributed by atoms with van der Waals surface area (Å²) in [6.07, 6.45) is 2.46. The van der Waals surface area contributed by atoms with Gasteiger partial charge >= 0.3 is 5.65 Å². The van der Waals surface area contributed by atoms with E-state index >= 15 is 0 Å². The summed E-state index contributed by atoms with van der Waals surface area (Å²) in [6, 6.07) is 10.2. The molecule has 3 aromatic rings. The second-order valence-corrected chi connectivity index (χ2v) is 3.85. The third-order valence-corrected chi connectivity index (χ3v) is 2.64. The highest BCUT2D eigenvalue weighted by Gasteiger charge is 2.14. The van der Waals surface area contributed by atoms with Gasteiger partial charge in [0.15, 0.2) is 11.8 Å². The van der Waals surface area contributed by atoms with Gasteiger partial charge in [0, 0.05) is 6.42 Å². The van der Waals surface area contributed by atoms with Crippen LogP contribution in [0, 0.1) is 0 Å². The van der Waals surface area contributed by atoms with Gasteiger partial charge in [0.1, 0.15) is 0 Å². The van der Waals surface area contributed by atoms with Gasteiger partial charge in [-0.15, -0.1) is 0 Å². The summed E-state index contributed by atoms with van der Waals surface area (Å²) >= 11 is 0. The predicted molar refractivity (Wildman–Crippen MR) is 64.1 cm³/mol. The van der Waals surface area contributed by atoms with Crippen molar-refractivity contribution in [3.63, 3.8) is 0 Å². The number of hydrogen-bond donors (Lipinski definition) is 2. The number of anilines is 1. The van der Waals surface area contributed by atoms with Crippen molar-refractivity contribution in [3.05, 3.63) is 47.9 Å². The van der Waals surface area contributed by atoms with E-state index in [-0.39, 0.29) is 0 Å². The van der Waals surface area contributed by atoms with Crippen LogP contribution in [0.4, 0.5) is 5.95 Å². The fraction of sp³-hybridized carbons (Fsp3) is 0.0833. The number of imidazole rings is 1. The molecular weight excluding hydrogens is 214 g/mol. The van der Waals surface area contributed by atoms with E-state index in [0.717, 1.165) is 23.3 Å². The minimum absolute atomic E-state index is 0.291. The zero-order valence-corrected chi connectivity index (χ0v) is 9.14. The first-order chi connectivity index (χ1) is 8.33. The van der Waals surface area contributed by atoms with Crippen molar-refractivity contribution in [2.45, 2.75) is 6.42 Å². The number of nitrogen functional groups attached to an aromatic ring is 1. The van der Waals surface area contributed by atoms with Crippen LogP contribution in [0.15, 0.2) is 36.7 Å². The first-order valence-corrected chi connectivity index (χ1v) is 5.38. The highest BCUT2D eigenvalue weighted by Crippen LogP contribution is 2.14. The minimum atomic E-state index is 0.291. The molecule has 1 aromatic carbocycles. The van der Waals surface area contributed by atoms with Gasteiger partial charge in [0.05, 0.1) is 5.69 Å². The lowest BCUT2D eigenvalue weighted by molar-refractivity contribution is -0.347. The number of hydrogen-bond acceptors (Lipinski definition) is 3. The number of fused-ring (bicyclic) bond motifs is 1. The van der Waals surface area contributed by atoms with Gasteiger partial charge in [0.2, 0.25) is 0 Å². The van der Waals surface area contributed by atoms with E-state index in [4.69, 9.17) is 5.73 Å². The van der Waals surface area contributed by atoms with E-state index in [2.05, 4.69) is 32.1 Å². The number of nitrogens with one attached hydrogen (secondary N) is 2. The number of aromatic nitrogens is 4. The summed E-state index contributed by atoms with van der Waals surface area (Å²) in [7, 11) is 0. The van der Waals surface area contributed by atoms with Gasteiger partial charge in [-0.2, -0.15) is 4.98 Å². The molecule has 0 fully saturated rings. The lowest BCUT2D eigenvalue weighted by Crippen LogP contribution is -2.05. The Kier molecular flexibility index (Phi) is 2.22. The Morgan fingerprint density at radius 2 is 2.00 bits per heavy atom. The molecule has 2 aromatic heterocycles. The average molecular weight is 226 g/mol. The van der Waals surface area contributed by atoms with Crippen molar-refractivity contribution < 1.29 is 4.98 Å². The SMILES string of the molecule is Nc1nc(Cc2ccccc2)c2[nH]c[nH+]c2n1. The molecule has 0 amide bonds. The first-order valence-electron chi connectivity index (χ1n) is 5.38.